The zero-order valence-corrected chi connectivity index (χ0v) is 13.0. The summed E-state index contributed by atoms with van der Waals surface area (Å²) in [6.07, 6.45) is 0.525. The molecule has 0 aliphatic carbocycles. The smallest absolute Gasteiger partial charge is 0.307 e. The molecule has 2 aromatic rings. The summed E-state index contributed by atoms with van der Waals surface area (Å²) in [6.45, 7) is 0. The Kier molecular flexibility index (Phi) is 3.94. The van der Waals surface area contributed by atoms with Crippen LogP contribution in [0.3, 0.4) is 0 Å². The summed E-state index contributed by atoms with van der Waals surface area (Å²) in [5, 5.41) is 1.10. The van der Waals surface area contributed by atoms with Crippen molar-refractivity contribution in [3.05, 3.63) is 69.7 Å². The number of ether oxygens (including phenoxy) is 1. The second kappa shape index (κ2) is 5.75. The predicted octanol–water partition coefficient (Wildman–Crippen LogP) is 4.41. The average Bonchev–Trinajstić information content (AvgIpc) is 2.91. The highest BCUT2D eigenvalue weighted by atomic mass is 35.5. The Hall–Kier alpha value is -1.84. The molecular formula is C17H12Cl2O3. The zero-order valence-electron chi connectivity index (χ0n) is 11.5. The Balaban J connectivity index is 2.06. The van der Waals surface area contributed by atoms with Gasteiger partial charge in [-0.15, -0.1) is 0 Å². The number of Topliss-reactive ketones (excluding diaryl/α,β-unsaturated/α-hetero) is 1. The van der Waals surface area contributed by atoms with Crippen LogP contribution in [-0.4, -0.2) is 11.8 Å². The highest BCUT2D eigenvalue weighted by molar-refractivity contribution is 6.31. The van der Waals surface area contributed by atoms with E-state index in [1.165, 1.54) is 0 Å². The van der Waals surface area contributed by atoms with E-state index in [1.807, 2.05) is 0 Å². The molecule has 1 aliphatic rings. The van der Waals surface area contributed by atoms with E-state index in [9.17, 15) is 9.59 Å². The van der Waals surface area contributed by atoms with E-state index in [4.69, 9.17) is 27.9 Å². The van der Waals surface area contributed by atoms with Crippen LogP contribution >= 0.6 is 23.2 Å². The largest absolute Gasteiger partial charge is 0.446 e. The lowest BCUT2D eigenvalue weighted by atomic mass is 9.83. The van der Waals surface area contributed by atoms with Gasteiger partial charge in [0, 0.05) is 27.6 Å². The molecule has 1 aliphatic heterocycles. The van der Waals surface area contributed by atoms with Gasteiger partial charge in [-0.3, -0.25) is 9.59 Å². The molecule has 0 amide bonds. The number of benzene rings is 2. The van der Waals surface area contributed by atoms with Crippen LogP contribution in [0.15, 0.2) is 48.5 Å². The minimum atomic E-state index is -1.28. The zero-order chi connectivity index (χ0) is 15.7. The van der Waals surface area contributed by atoms with E-state index in [1.54, 1.807) is 48.5 Å². The summed E-state index contributed by atoms with van der Waals surface area (Å²) >= 11 is 11.8. The highest BCUT2D eigenvalue weighted by Crippen LogP contribution is 2.40. The lowest BCUT2D eigenvalue weighted by Gasteiger charge is -2.26. The summed E-state index contributed by atoms with van der Waals surface area (Å²) in [6, 6.07) is 13.3. The number of esters is 1. The Labute approximate surface area is 137 Å². The number of carbonyl (C=O) groups excluding carboxylic acids is 2. The molecule has 0 saturated carbocycles. The van der Waals surface area contributed by atoms with Gasteiger partial charge in [-0.05, 0) is 36.4 Å². The van der Waals surface area contributed by atoms with Crippen molar-refractivity contribution >= 4 is 35.0 Å². The van der Waals surface area contributed by atoms with Crippen LogP contribution in [0.25, 0.3) is 0 Å². The quantitative estimate of drug-likeness (QED) is 0.616. The molecule has 0 aromatic heterocycles. The van der Waals surface area contributed by atoms with Crippen LogP contribution in [0.5, 0.6) is 0 Å². The van der Waals surface area contributed by atoms with Crippen LogP contribution in [0.2, 0.25) is 10.0 Å². The molecule has 1 heterocycles. The summed E-state index contributed by atoms with van der Waals surface area (Å²) in [4.78, 5) is 24.6. The Bertz CT molecular complexity index is 723. The molecule has 1 atom stereocenters. The topological polar surface area (TPSA) is 43.4 Å². The Morgan fingerprint density at radius 2 is 1.50 bits per heavy atom. The van der Waals surface area contributed by atoms with Crippen molar-refractivity contribution in [2.24, 2.45) is 0 Å². The molecule has 112 valence electrons. The third-order valence-electron chi connectivity index (χ3n) is 3.75. The van der Waals surface area contributed by atoms with Crippen molar-refractivity contribution in [2.75, 3.05) is 0 Å². The highest BCUT2D eigenvalue weighted by Gasteiger charge is 2.48. The lowest BCUT2D eigenvalue weighted by molar-refractivity contribution is -0.146. The molecule has 0 N–H and O–H groups in total. The SMILES string of the molecule is O=C1CC[C@@](C(=O)c2ccc(Cl)cc2)(c2ccc(Cl)cc2)O1. The third-order valence-corrected chi connectivity index (χ3v) is 4.26. The van der Waals surface area contributed by atoms with E-state index in [0.717, 1.165) is 0 Å². The van der Waals surface area contributed by atoms with Gasteiger partial charge in [0.2, 0.25) is 5.78 Å². The van der Waals surface area contributed by atoms with Crippen LogP contribution < -0.4 is 0 Å². The molecule has 0 bridgehead atoms. The van der Waals surface area contributed by atoms with Gasteiger partial charge in [0.1, 0.15) is 0 Å². The molecule has 5 heteroatoms. The van der Waals surface area contributed by atoms with Crippen LogP contribution in [0.4, 0.5) is 0 Å². The number of halogens is 2. The van der Waals surface area contributed by atoms with Gasteiger partial charge in [-0.2, -0.15) is 0 Å². The number of carbonyl (C=O) groups is 2. The van der Waals surface area contributed by atoms with Crippen LogP contribution in [0.1, 0.15) is 28.8 Å². The molecule has 22 heavy (non-hydrogen) atoms. The summed E-state index contributed by atoms with van der Waals surface area (Å²) < 4.78 is 5.46. The minimum Gasteiger partial charge on any atom is -0.446 e. The molecule has 1 fully saturated rings. The Morgan fingerprint density at radius 1 is 0.955 bits per heavy atom. The first-order valence-corrected chi connectivity index (χ1v) is 7.55. The molecule has 3 nitrogen and oxygen atoms in total. The number of hydrogen-bond acceptors (Lipinski definition) is 3. The second-order valence-electron chi connectivity index (χ2n) is 5.14. The van der Waals surface area contributed by atoms with Crippen LogP contribution in [-0.2, 0) is 15.1 Å². The fraction of sp³-hybridized carbons (Fsp3) is 0.176. The maximum atomic E-state index is 13.0. The van der Waals surface area contributed by atoms with Crippen molar-refractivity contribution in [1.29, 1.82) is 0 Å². The number of hydrogen-bond donors (Lipinski definition) is 0. The van der Waals surface area contributed by atoms with Gasteiger partial charge < -0.3 is 4.74 Å². The maximum Gasteiger partial charge on any atom is 0.307 e. The van der Waals surface area contributed by atoms with E-state index >= 15 is 0 Å². The van der Waals surface area contributed by atoms with Gasteiger partial charge in [-0.25, -0.2) is 0 Å². The van der Waals surface area contributed by atoms with Crippen molar-refractivity contribution in [3.63, 3.8) is 0 Å². The van der Waals surface area contributed by atoms with Gasteiger partial charge >= 0.3 is 5.97 Å². The van der Waals surface area contributed by atoms with Gasteiger partial charge in [0.15, 0.2) is 5.60 Å². The van der Waals surface area contributed by atoms with E-state index in [-0.39, 0.29) is 18.2 Å². The third kappa shape index (κ3) is 2.62. The van der Waals surface area contributed by atoms with Crippen molar-refractivity contribution < 1.29 is 14.3 Å². The standard InChI is InChI=1S/C17H12Cl2O3/c18-13-5-1-11(2-6-13)16(21)17(10-9-15(20)22-17)12-3-7-14(19)8-4-12/h1-8H,9-10H2/t17-/m0/s1. The molecule has 3 rings (SSSR count). The van der Waals surface area contributed by atoms with Gasteiger partial charge in [0.25, 0.3) is 0 Å². The van der Waals surface area contributed by atoms with Gasteiger partial charge in [-0.1, -0.05) is 35.3 Å². The van der Waals surface area contributed by atoms with E-state index < -0.39 is 5.60 Å². The predicted molar refractivity (Wildman–Crippen MR) is 84.2 cm³/mol. The summed E-state index contributed by atoms with van der Waals surface area (Å²) in [5.74, 6) is -0.630. The first-order valence-electron chi connectivity index (χ1n) is 6.79. The number of rotatable bonds is 3. The fourth-order valence-corrected chi connectivity index (χ4v) is 2.87. The molecule has 1 saturated heterocycles. The summed E-state index contributed by atoms with van der Waals surface area (Å²) in [7, 11) is 0. The monoisotopic (exact) mass is 334 g/mol. The van der Waals surface area contributed by atoms with E-state index in [0.29, 0.717) is 27.6 Å². The van der Waals surface area contributed by atoms with Crippen molar-refractivity contribution in [1.82, 2.24) is 0 Å². The second-order valence-corrected chi connectivity index (χ2v) is 6.02. The fourth-order valence-electron chi connectivity index (χ4n) is 2.62. The lowest BCUT2D eigenvalue weighted by Crippen LogP contribution is -2.35. The Morgan fingerprint density at radius 3 is 2.00 bits per heavy atom. The average molecular weight is 335 g/mol. The van der Waals surface area contributed by atoms with Crippen LogP contribution in [0, 0.1) is 0 Å². The molecule has 0 spiro atoms. The molecule has 0 unspecified atom stereocenters. The molecule has 2 aromatic carbocycles. The van der Waals surface area contributed by atoms with Crippen molar-refractivity contribution in [2.45, 2.75) is 18.4 Å². The van der Waals surface area contributed by atoms with Crippen molar-refractivity contribution in [3.8, 4) is 0 Å². The number of ketones is 1. The number of cyclic esters (lactones) is 1. The first-order chi connectivity index (χ1) is 10.5. The first kappa shape index (κ1) is 15.1. The maximum absolute atomic E-state index is 13.0. The minimum absolute atomic E-state index is 0.210. The summed E-state index contributed by atoms with van der Waals surface area (Å²) in [5.41, 5.74) is -0.202. The van der Waals surface area contributed by atoms with E-state index in [2.05, 4.69) is 0 Å². The molecular weight excluding hydrogens is 323 g/mol. The molecule has 0 radical (unpaired) electrons. The normalized spacial score (nSPS) is 20.7. The van der Waals surface area contributed by atoms with Gasteiger partial charge in [0.05, 0.1) is 6.42 Å².